The summed E-state index contributed by atoms with van der Waals surface area (Å²) in [6, 6.07) is 34.7. The number of carbonyl (C=O) groups excluding carboxylic acids is 1. The highest BCUT2D eigenvalue weighted by atomic mass is 35.5. The average Bonchev–Trinajstić information content (AvgIpc) is 3.65. The van der Waals surface area contributed by atoms with Gasteiger partial charge in [0.1, 0.15) is 11.4 Å². The summed E-state index contributed by atoms with van der Waals surface area (Å²) in [6.07, 6.45) is 0. The van der Waals surface area contributed by atoms with E-state index >= 15 is 0 Å². The van der Waals surface area contributed by atoms with Gasteiger partial charge in [-0.15, -0.1) is 11.3 Å². The summed E-state index contributed by atoms with van der Waals surface area (Å²) in [6.45, 7) is 2.85. The van der Waals surface area contributed by atoms with Crippen LogP contribution in [0.4, 0.5) is 0 Å². The molecular formula is C31H27ClN4OS. The number of benzene rings is 3. The van der Waals surface area contributed by atoms with E-state index in [1.54, 1.807) is 16.0 Å². The van der Waals surface area contributed by atoms with Gasteiger partial charge in [0.2, 0.25) is 0 Å². The van der Waals surface area contributed by atoms with E-state index in [4.69, 9.17) is 16.7 Å². The normalized spacial score (nSPS) is 14.2. The van der Waals surface area contributed by atoms with E-state index in [2.05, 4.69) is 65.6 Å². The molecule has 0 radical (unpaired) electrons. The van der Waals surface area contributed by atoms with Crippen molar-refractivity contribution in [1.29, 1.82) is 0 Å². The minimum atomic E-state index is -0.0177. The Morgan fingerprint density at radius 1 is 0.789 bits per heavy atom. The Kier molecular flexibility index (Phi) is 7.10. The maximum Gasteiger partial charge on any atom is 0.272 e. The Morgan fingerprint density at radius 3 is 2.08 bits per heavy atom. The van der Waals surface area contributed by atoms with Crippen LogP contribution in [0.15, 0.2) is 109 Å². The first-order chi connectivity index (χ1) is 18.7. The Hall–Kier alpha value is -3.71. The predicted molar refractivity (Wildman–Crippen MR) is 154 cm³/mol. The first kappa shape index (κ1) is 24.6. The standard InChI is InChI=1S/C31H27ClN4OS/c32-25-13-7-14-26(21-25)36-28(22-27(33-36)29-15-8-20-38-29)31(37)35-18-16-34(17-19-35)30(23-9-3-1-4-10-23)24-11-5-2-6-12-24/h1-15,20-22,30H,16-19H2. The van der Waals surface area contributed by atoms with Gasteiger partial charge in [-0.2, -0.15) is 5.10 Å². The third-order valence-corrected chi connectivity index (χ3v) is 8.08. The SMILES string of the molecule is O=C(c1cc(-c2cccs2)nn1-c1cccc(Cl)c1)N1CCN(C(c2ccccc2)c2ccccc2)CC1. The molecular weight excluding hydrogens is 512 g/mol. The zero-order valence-electron chi connectivity index (χ0n) is 20.8. The number of aromatic nitrogens is 2. The summed E-state index contributed by atoms with van der Waals surface area (Å²) >= 11 is 7.90. The molecule has 0 unspecified atom stereocenters. The van der Waals surface area contributed by atoms with E-state index in [1.807, 2.05) is 52.7 Å². The van der Waals surface area contributed by atoms with Crippen LogP contribution in [-0.4, -0.2) is 51.7 Å². The molecule has 3 aromatic carbocycles. The van der Waals surface area contributed by atoms with Crippen LogP contribution in [0, 0.1) is 0 Å². The van der Waals surface area contributed by atoms with Crippen molar-refractivity contribution in [1.82, 2.24) is 19.6 Å². The van der Waals surface area contributed by atoms with Gasteiger partial charge in [-0.25, -0.2) is 4.68 Å². The molecule has 5 aromatic rings. The van der Waals surface area contributed by atoms with E-state index in [0.29, 0.717) is 23.8 Å². The zero-order chi connectivity index (χ0) is 25.9. The number of thiophene rings is 1. The van der Waals surface area contributed by atoms with Crippen molar-refractivity contribution >= 4 is 28.8 Å². The number of halogens is 1. The molecule has 1 amide bonds. The number of amides is 1. The van der Waals surface area contributed by atoms with Crippen LogP contribution in [-0.2, 0) is 0 Å². The molecule has 0 aliphatic carbocycles. The average molecular weight is 539 g/mol. The van der Waals surface area contributed by atoms with Gasteiger partial charge in [0, 0.05) is 31.2 Å². The van der Waals surface area contributed by atoms with Crippen LogP contribution >= 0.6 is 22.9 Å². The highest BCUT2D eigenvalue weighted by molar-refractivity contribution is 7.13. The Morgan fingerprint density at radius 2 is 1.47 bits per heavy atom. The second-order valence-electron chi connectivity index (χ2n) is 9.34. The molecule has 5 nitrogen and oxygen atoms in total. The minimum absolute atomic E-state index is 0.0177. The van der Waals surface area contributed by atoms with Crippen molar-refractivity contribution in [3.8, 4) is 16.3 Å². The molecule has 0 saturated carbocycles. The van der Waals surface area contributed by atoms with E-state index < -0.39 is 0 Å². The third-order valence-electron chi connectivity index (χ3n) is 6.95. The molecule has 2 aromatic heterocycles. The fraction of sp³-hybridized carbons (Fsp3) is 0.161. The molecule has 0 spiro atoms. The summed E-state index contributed by atoms with van der Waals surface area (Å²) in [7, 11) is 0. The fourth-order valence-corrected chi connectivity index (χ4v) is 5.98. The highest BCUT2D eigenvalue weighted by Gasteiger charge is 2.30. The van der Waals surface area contributed by atoms with Crippen LogP contribution in [0.3, 0.4) is 0 Å². The molecule has 38 heavy (non-hydrogen) atoms. The molecule has 0 N–H and O–H groups in total. The number of nitrogens with zero attached hydrogens (tertiary/aromatic N) is 4. The summed E-state index contributed by atoms with van der Waals surface area (Å²) in [5, 5.41) is 7.44. The number of piperazine rings is 1. The molecule has 0 bridgehead atoms. The quantitative estimate of drug-likeness (QED) is 0.239. The van der Waals surface area contributed by atoms with Gasteiger partial charge in [-0.3, -0.25) is 9.69 Å². The zero-order valence-corrected chi connectivity index (χ0v) is 22.4. The van der Waals surface area contributed by atoms with Gasteiger partial charge in [-0.05, 0) is 46.8 Å². The monoisotopic (exact) mass is 538 g/mol. The third kappa shape index (κ3) is 5.03. The van der Waals surface area contributed by atoms with Crippen molar-refractivity contribution in [2.75, 3.05) is 26.2 Å². The second-order valence-corrected chi connectivity index (χ2v) is 10.7. The van der Waals surface area contributed by atoms with E-state index in [0.717, 1.165) is 29.3 Å². The Bertz CT molecular complexity index is 1470. The van der Waals surface area contributed by atoms with E-state index in [-0.39, 0.29) is 11.9 Å². The van der Waals surface area contributed by atoms with Gasteiger partial charge in [0.05, 0.1) is 16.6 Å². The lowest BCUT2D eigenvalue weighted by Gasteiger charge is -2.39. The lowest BCUT2D eigenvalue weighted by atomic mass is 9.96. The molecule has 3 heterocycles. The number of hydrogen-bond donors (Lipinski definition) is 0. The Labute approximate surface area is 231 Å². The smallest absolute Gasteiger partial charge is 0.272 e. The number of rotatable bonds is 6. The minimum Gasteiger partial charge on any atom is -0.335 e. The van der Waals surface area contributed by atoms with Crippen LogP contribution in [0.1, 0.15) is 27.7 Å². The van der Waals surface area contributed by atoms with Crippen LogP contribution in [0.25, 0.3) is 16.3 Å². The van der Waals surface area contributed by atoms with Crippen LogP contribution < -0.4 is 0 Å². The van der Waals surface area contributed by atoms with Crippen molar-refractivity contribution in [3.05, 3.63) is 130 Å². The first-order valence-electron chi connectivity index (χ1n) is 12.7. The van der Waals surface area contributed by atoms with Crippen molar-refractivity contribution in [2.24, 2.45) is 0 Å². The molecule has 1 aliphatic heterocycles. The van der Waals surface area contributed by atoms with Gasteiger partial charge >= 0.3 is 0 Å². The second kappa shape index (κ2) is 11.0. The van der Waals surface area contributed by atoms with E-state index in [9.17, 15) is 4.79 Å². The van der Waals surface area contributed by atoms with Gasteiger partial charge in [-0.1, -0.05) is 84.4 Å². The predicted octanol–water partition coefficient (Wildman–Crippen LogP) is 6.80. The summed E-state index contributed by atoms with van der Waals surface area (Å²) in [5.74, 6) is -0.0177. The molecule has 7 heteroatoms. The summed E-state index contributed by atoms with van der Waals surface area (Å²) in [4.78, 5) is 19.3. The van der Waals surface area contributed by atoms with Gasteiger partial charge in [0.15, 0.2) is 0 Å². The topological polar surface area (TPSA) is 41.4 Å². The van der Waals surface area contributed by atoms with Gasteiger partial charge < -0.3 is 4.90 Å². The number of hydrogen-bond acceptors (Lipinski definition) is 4. The maximum atomic E-state index is 13.9. The van der Waals surface area contributed by atoms with Gasteiger partial charge in [0.25, 0.3) is 5.91 Å². The molecule has 6 rings (SSSR count). The van der Waals surface area contributed by atoms with Crippen molar-refractivity contribution in [3.63, 3.8) is 0 Å². The lowest BCUT2D eigenvalue weighted by Crippen LogP contribution is -2.50. The van der Waals surface area contributed by atoms with E-state index in [1.165, 1.54) is 11.1 Å². The molecule has 0 atom stereocenters. The van der Waals surface area contributed by atoms with Crippen LogP contribution in [0.5, 0.6) is 0 Å². The summed E-state index contributed by atoms with van der Waals surface area (Å²) < 4.78 is 1.73. The molecule has 190 valence electrons. The number of carbonyl (C=O) groups is 1. The molecule has 1 saturated heterocycles. The Balaban J connectivity index is 1.27. The van der Waals surface area contributed by atoms with Crippen molar-refractivity contribution < 1.29 is 4.79 Å². The first-order valence-corrected chi connectivity index (χ1v) is 14.0. The van der Waals surface area contributed by atoms with Crippen molar-refractivity contribution in [2.45, 2.75) is 6.04 Å². The maximum absolute atomic E-state index is 13.9. The molecule has 1 fully saturated rings. The molecule has 1 aliphatic rings. The fourth-order valence-electron chi connectivity index (χ4n) is 5.11. The largest absolute Gasteiger partial charge is 0.335 e. The van der Waals surface area contributed by atoms with Crippen LogP contribution in [0.2, 0.25) is 5.02 Å². The highest BCUT2D eigenvalue weighted by Crippen LogP contribution is 2.31. The lowest BCUT2D eigenvalue weighted by molar-refractivity contribution is 0.0589. The summed E-state index contributed by atoms with van der Waals surface area (Å²) in [5.41, 5.74) is 4.63.